The second-order valence-corrected chi connectivity index (χ2v) is 6.37. The molecule has 1 aromatic rings. The molecule has 1 rings (SSSR count). The van der Waals surface area contributed by atoms with Crippen LogP contribution in [0.25, 0.3) is 0 Å². The van der Waals surface area contributed by atoms with Crippen LogP contribution in [0.4, 0.5) is 0 Å². The zero-order valence-corrected chi connectivity index (χ0v) is 12.7. The maximum Gasteiger partial charge on any atom is 0.177 e. The lowest BCUT2D eigenvalue weighted by molar-refractivity contribution is 0.119. The molecule has 0 saturated heterocycles. The third-order valence-electron chi connectivity index (χ3n) is 2.32. The molecule has 1 aromatic heterocycles. The Morgan fingerprint density at radius 1 is 1.41 bits per heavy atom. The number of nitrogens with zero attached hydrogens (tertiary/aromatic N) is 2. The third-order valence-corrected chi connectivity index (χ3v) is 4.51. The second-order valence-electron chi connectivity index (χ2n) is 3.37. The Hall–Kier alpha value is 0.0500. The van der Waals surface area contributed by atoms with Gasteiger partial charge in [0, 0.05) is 12.3 Å². The predicted octanol–water partition coefficient (Wildman–Crippen LogP) is 2.65. The molecule has 0 aliphatic heterocycles. The maximum atomic E-state index is 5.57. The summed E-state index contributed by atoms with van der Waals surface area (Å²) in [7, 11) is 0. The molecule has 98 valence electrons. The van der Waals surface area contributed by atoms with E-state index in [-0.39, 0.29) is 0 Å². The fourth-order valence-corrected chi connectivity index (χ4v) is 3.30. The first kappa shape index (κ1) is 15.1. The number of nitrogens with one attached hydrogen (secondary N) is 1. The summed E-state index contributed by atoms with van der Waals surface area (Å²) in [6.07, 6.45) is 0. The van der Waals surface area contributed by atoms with Crippen molar-refractivity contribution in [2.24, 2.45) is 0 Å². The number of aromatic nitrogens is 2. The van der Waals surface area contributed by atoms with Crippen molar-refractivity contribution in [3.05, 3.63) is 3.95 Å². The van der Waals surface area contributed by atoms with Gasteiger partial charge in [-0.1, -0.05) is 36.9 Å². The molecule has 0 bridgehead atoms. The molecule has 0 fully saturated rings. The third kappa shape index (κ3) is 6.52. The molecule has 0 atom stereocenters. The van der Waals surface area contributed by atoms with Gasteiger partial charge in [-0.25, -0.2) is 0 Å². The minimum absolute atomic E-state index is 0.731. The van der Waals surface area contributed by atoms with Crippen molar-refractivity contribution in [2.45, 2.75) is 18.2 Å². The van der Waals surface area contributed by atoms with E-state index in [1.807, 2.05) is 0 Å². The zero-order chi connectivity index (χ0) is 12.5. The van der Waals surface area contributed by atoms with E-state index in [0.29, 0.717) is 0 Å². The molecule has 0 saturated carbocycles. The molecule has 1 N–H and O–H groups in total. The Bertz CT molecular complexity index is 349. The van der Waals surface area contributed by atoms with Gasteiger partial charge in [-0.15, -0.1) is 0 Å². The van der Waals surface area contributed by atoms with Crippen LogP contribution in [-0.2, 0) is 4.74 Å². The van der Waals surface area contributed by atoms with Gasteiger partial charge in [0.2, 0.25) is 0 Å². The monoisotopic (exact) mass is 293 g/mol. The number of aromatic amines is 1. The predicted molar refractivity (Wildman–Crippen MR) is 76.6 cm³/mol. The highest BCUT2D eigenvalue weighted by Crippen LogP contribution is 2.19. The lowest BCUT2D eigenvalue weighted by Gasteiger charge is -2.17. The second kappa shape index (κ2) is 9.04. The molecule has 0 amide bonds. The van der Waals surface area contributed by atoms with Crippen LogP contribution in [0.3, 0.4) is 0 Å². The van der Waals surface area contributed by atoms with Crippen LogP contribution in [0.2, 0.25) is 0 Å². The molecule has 0 aromatic carbocycles. The molecule has 4 nitrogen and oxygen atoms in total. The van der Waals surface area contributed by atoms with E-state index in [9.17, 15) is 0 Å². The van der Waals surface area contributed by atoms with Crippen molar-refractivity contribution in [1.29, 1.82) is 0 Å². The van der Waals surface area contributed by atoms with E-state index < -0.39 is 0 Å². The maximum absolute atomic E-state index is 5.57. The minimum Gasteiger partial charge on any atom is -0.379 e. The van der Waals surface area contributed by atoms with Crippen LogP contribution in [-0.4, -0.2) is 53.7 Å². The SMILES string of the molecule is CCN(CC)CCOCCSc1n[nH]c(=S)s1. The van der Waals surface area contributed by atoms with Gasteiger partial charge in [0.1, 0.15) is 0 Å². The van der Waals surface area contributed by atoms with Crippen LogP contribution in [0, 0.1) is 3.95 Å². The lowest BCUT2D eigenvalue weighted by atomic mass is 10.5. The molecule has 0 aliphatic rings. The molecule has 0 spiro atoms. The number of ether oxygens (including phenoxy) is 1. The summed E-state index contributed by atoms with van der Waals surface area (Å²) < 4.78 is 7.29. The van der Waals surface area contributed by atoms with Crippen LogP contribution in [0.5, 0.6) is 0 Å². The van der Waals surface area contributed by atoms with Crippen molar-refractivity contribution in [1.82, 2.24) is 15.1 Å². The quantitative estimate of drug-likeness (QED) is 0.431. The van der Waals surface area contributed by atoms with Crippen LogP contribution in [0.15, 0.2) is 4.34 Å². The van der Waals surface area contributed by atoms with Crippen LogP contribution < -0.4 is 0 Å². The Morgan fingerprint density at radius 3 is 2.76 bits per heavy atom. The average Bonchev–Trinajstić information content (AvgIpc) is 2.74. The molecular weight excluding hydrogens is 274 g/mol. The summed E-state index contributed by atoms with van der Waals surface area (Å²) in [6, 6.07) is 0. The first-order valence-electron chi connectivity index (χ1n) is 5.74. The fourth-order valence-electron chi connectivity index (χ4n) is 1.30. The summed E-state index contributed by atoms with van der Waals surface area (Å²) in [5.74, 6) is 0.925. The van der Waals surface area contributed by atoms with Gasteiger partial charge in [-0.2, -0.15) is 5.10 Å². The Balaban J connectivity index is 1.99. The van der Waals surface area contributed by atoms with Crippen molar-refractivity contribution < 1.29 is 4.74 Å². The van der Waals surface area contributed by atoms with Crippen molar-refractivity contribution in [3.8, 4) is 0 Å². The topological polar surface area (TPSA) is 41.1 Å². The first-order chi connectivity index (χ1) is 8.26. The standard InChI is InChI=1S/C10H19N3OS3/c1-3-13(4-2)5-6-14-7-8-16-10-12-11-9(15)17-10/h3-8H2,1-2H3,(H,11,15). The largest absolute Gasteiger partial charge is 0.379 e. The molecular formula is C10H19N3OS3. The minimum atomic E-state index is 0.731. The number of rotatable bonds is 9. The van der Waals surface area contributed by atoms with Crippen LogP contribution in [0.1, 0.15) is 13.8 Å². The van der Waals surface area contributed by atoms with Gasteiger partial charge >= 0.3 is 0 Å². The summed E-state index contributed by atoms with van der Waals surface area (Å²) in [6.45, 7) is 9.10. The normalized spacial score (nSPS) is 11.2. The van der Waals surface area contributed by atoms with Gasteiger partial charge in [0.25, 0.3) is 0 Å². The van der Waals surface area contributed by atoms with E-state index in [1.165, 1.54) is 11.3 Å². The summed E-state index contributed by atoms with van der Waals surface area (Å²) in [4.78, 5) is 2.35. The number of H-pyrrole nitrogens is 1. The van der Waals surface area contributed by atoms with E-state index in [1.54, 1.807) is 11.8 Å². The van der Waals surface area contributed by atoms with Crippen molar-refractivity contribution >= 4 is 35.3 Å². The highest BCUT2D eigenvalue weighted by Gasteiger charge is 2.00. The van der Waals surface area contributed by atoms with Gasteiger partial charge < -0.3 is 9.64 Å². The summed E-state index contributed by atoms with van der Waals surface area (Å²) in [5.41, 5.74) is 0. The van der Waals surface area contributed by atoms with Gasteiger partial charge in [-0.3, -0.25) is 5.10 Å². The van der Waals surface area contributed by atoms with E-state index in [4.69, 9.17) is 17.0 Å². The van der Waals surface area contributed by atoms with E-state index >= 15 is 0 Å². The van der Waals surface area contributed by atoms with Gasteiger partial charge in [-0.05, 0) is 25.3 Å². The van der Waals surface area contributed by atoms with Gasteiger partial charge in [0.05, 0.1) is 13.2 Å². The van der Waals surface area contributed by atoms with Gasteiger partial charge in [0.15, 0.2) is 8.29 Å². The molecule has 17 heavy (non-hydrogen) atoms. The molecule has 1 heterocycles. The summed E-state index contributed by atoms with van der Waals surface area (Å²) >= 11 is 8.15. The first-order valence-corrected chi connectivity index (χ1v) is 7.95. The van der Waals surface area contributed by atoms with Crippen LogP contribution >= 0.6 is 35.3 Å². The molecule has 0 radical (unpaired) electrons. The number of thioether (sulfide) groups is 1. The van der Waals surface area contributed by atoms with E-state index in [0.717, 1.165) is 46.9 Å². The Morgan fingerprint density at radius 2 is 2.18 bits per heavy atom. The number of likely N-dealkylation sites (N-methyl/N-ethyl adjacent to an activating group) is 1. The smallest absolute Gasteiger partial charge is 0.177 e. The number of hydrogen-bond donors (Lipinski definition) is 1. The van der Waals surface area contributed by atoms with E-state index in [2.05, 4.69) is 28.9 Å². The van der Waals surface area contributed by atoms with Crippen molar-refractivity contribution in [2.75, 3.05) is 38.6 Å². The number of hydrogen-bond acceptors (Lipinski definition) is 6. The lowest BCUT2D eigenvalue weighted by Crippen LogP contribution is -2.27. The zero-order valence-electron chi connectivity index (χ0n) is 10.3. The fraction of sp³-hybridized carbons (Fsp3) is 0.800. The molecule has 7 heteroatoms. The average molecular weight is 293 g/mol. The molecule has 0 unspecified atom stereocenters. The van der Waals surface area contributed by atoms with Crippen molar-refractivity contribution in [3.63, 3.8) is 0 Å². The highest BCUT2D eigenvalue weighted by atomic mass is 32.2. The Kier molecular flexibility index (Phi) is 8.04. The molecule has 0 aliphatic carbocycles. The Labute approximate surface area is 116 Å². The summed E-state index contributed by atoms with van der Waals surface area (Å²) in [5, 5.41) is 6.84. The highest BCUT2D eigenvalue weighted by molar-refractivity contribution is 8.01.